The van der Waals surface area contributed by atoms with Crippen molar-refractivity contribution in [3.8, 4) is 11.5 Å². The normalized spacial score (nSPS) is 28.4. The summed E-state index contributed by atoms with van der Waals surface area (Å²) in [5.41, 5.74) is 3.72. The lowest BCUT2D eigenvalue weighted by Gasteiger charge is -2.41. The summed E-state index contributed by atoms with van der Waals surface area (Å²) in [6, 6.07) is 12.7. The van der Waals surface area contributed by atoms with Gasteiger partial charge in [-0.05, 0) is 48.9 Å². The molecule has 2 aliphatic heterocycles. The van der Waals surface area contributed by atoms with Crippen LogP contribution in [0.25, 0.3) is 0 Å². The summed E-state index contributed by atoms with van der Waals surface area (Å²) in [5.74, 6) is 2.26. The van der Waals surface area contributed by atoms with Crippen molar-refractivity contribution < 1.29 is 14.3 Å². The van der Waals surface area contributed by atoms with Gasteiger partial charge in [0.15, 0.2) is 5.60 Å². The molecule has 3 nitrogen and oxygen atoms in total. The molecule has 0 amide bonds. The highest BCUT2D eigenvalue weighted by atomic mass is 16.6. The van der Waals surface area contributed by atoms with E-state index in [2.05, 4.69) is 57.2 Å². The van der Waals surface area contributed by atoms with E-state index in [0.29, 0.717) is 5.92 Å². The fraction of sp³-hybridized carbons (Fsp3) is 0.458. The summed E-state index contributed by atoms with van der Waals surface area (Å²) in [6.45, 7) is 6.44. The van der Waals surface area contributed by atoms with Crippen molar-refractivity contribution >= 4 is 5.97 Å². The molecule has 0 radical (unpaired) electrons. The monoisotopic (exact) mass is 362 g/mol. The predicted molar refractivity (Wildman–Crippen MR) is 104 cm³/mol. The summed E-state index contributed by atoms with van der Waals surface area (Å²) in [5, 5.41) is 0. The van der Waals surface area contributed by atoms with Crippen molar-refractivity contribution in [3.63, 3.8) is 0 Å². The van der Waals surface area contributed by atoms with Crippen LogP contribution in [0.5, 0.6) is 11.5 Å². The average molecular weight is 362 g/mol. The molecule has 2 aromatic carbocycles. The Labute approximate surface area is 160 Å². The molecular weight excluding hydrogens is 336 g/mol. The fourth-order valence-electron chi connectivity index (χ4n) is 5.29. The summed E-state index contributed by atoms with van der Waals surface area (Å²) in [6.07, 6.45) is 4.23. The topological polar surface area (TPSA) is 35.5 Å². The summed E-state index contributed by atoms with van der Waals surface area (Å²) < 4.78 is 12.7. The number of fused-ring (bicyclic) bond motifs is 6. The SMILES string of the molecule is Cc1ccc2c(c1)Oc1cc(C(C)C)ccc1C21OC(=O)C2CCCCC21. The van der Waals surface area contributed by atoms with Gasteiger partial charge in [0, 0.05) is 17.0 Å². The molecule has 3 aliphatic rings. The molecule has 3 unspecified atom stereocenters. The minimum atomic E-state index is -0.700. The molecular formula is C24H26O3. The van der Waals surface area contributed by atoms with Crippen molar-refractivity contribution in [3.05, 3.63) is 58.7 Å². The van der Waals surface area contributed by atoms with Crippen LogP contribution < -0.4 is 4.74 Å². The number of benzene rings is 2. The van der Waals surface area contributed by atoms with Gasteiger partial charge in [0.05, 0.1) is 5.92 Å². The van der Waals surface area contributed by atoms with E-state index < -0.39 is 5.60 Å². The Morgan fingerprint density at radius 2 is 1.70 bits per heavy atom. The quantitative estimate of drug-likeness (QED) is 0.599. The van der Waals surface area contributed by atoms with Gasteiger partial charge in [-0.25, -0.2) is 0 Å². The van der Waals surface area contributed by atoms with Crippen LogP contribution in [0.15, 0.2) is 36.4 Å². The van der Waals surface area contributed by atoms with Gasteiger partial charge in [0.1, 0.15) is 11.5 Å². The maximum absolute atomic E-state index is 12.9. The Balaban J connectivity index is 1.77. The number of rotatable bonds is 1. The van der Waals surface area contributed by atoms with Crippen LogP contribution in [0.1, 0.15) is 67.7 Å². The van der Waals surface area contributed by atoms with Crippen LogP contribution in [-0.2, 0) is 15.1 Å². The molecule has 1 saturated carbocycles. The molecule has 1 saturated heterocycles. The van der Waals surface area contributed by atoms with Gasteiger partial charge in [0.25, 0.3) is 0 Å². The first kappa shape index (κ1) is 16.9. The Morgan fingerprint density at radius 3 is 2.48 bits per heavy atom. The minimum absolute atomic E-state index is 0.00336. The molecule has 0 N–H and O–H groups in total. The molecule has 0 aromatic heterocycles. The highest BCUT2D eigenvalue weighted by Crippen LogP contribution is 2.60. The zero-order chi connectivity index (χ0) is 18.8. The molecule has 27 heavy (non-hydrogen) atoms. The van der Waals surface area contributed by atoms with Crippen molar-refractivity contribution in [2.24, 2.45) is 11.8 Å². The second-order valence-electron chi connectivity index (χ2n) is 8.67. The lowest BCUT2D eigenvalue weighted by Crippen LogP contribution is -2.39. The first-order chi connectivity index (χ1) is 13.0. The number of carbonyl (C=O) groups is 1. The van der Waals surface area contributed by atoms with Crippen molar-refractivity contribution in [1.29, 1.82) is 0 Å². The van der Waals surface area contributed by atoms with Gasteiger partial charge in [0.2, 0.25) is 0 Å². The van der Waals surface area contributed by atoms with E-state index in [4.69, 9.17) is 9.47 Å². The summed E-state index contributed by atoms with van der Waals surface area (Å²) in [4.78, 5) is 12.9. The maximum atomic E-state index is 12.9. The standard InChI is InChI=1S/C24H26O3/c1-14(2)16-9-11-20-22(13-16)26-21-12-15(3)8-10-19(21)24(20)18-7-5-4-6-17(18)23(25)27-24/h8-14,17-18H,4-7H2,1-3H3. The van der Waals surface area contributed by atoms with E-state index in [1.807, 2.05) is 0 Å². The Hall–Kier alpha value is -2.29. The van der Waals surface area contributed by atoms with Gasteiger partial charge in [-0.2, -0.15) is 0 Å². The zero-order valence-corrected chi connectivity index (χ0v) is 16.2. The lowest BCUT2D eigenvalue weighted by molar-refractivity contribution is -0.149. The summed E-state index contributed by atoms with van der Waals surface area (Å²) >= 11 is 0. The van der Waals surface area contributed by atoms with Gasteiger partial charge in [-0.15, -0.1) is 0 Å². The van der Waals surface area contributed by atoms with E-state index in [0.717, 1.165) is 53.9 Å². The van der Waals surface area contributed by atoms with Crippen LogP contribution >= 0.6 is 0 Å². The first-order valence-electron chi connectivity index (χ1n) is 10.2. The largest absolute Gasteiger partial charge is 0.456 e. The molecule has 1 spiro atoms. The third-order valence-electron chi connectivity index (χ3n) is 6.68. The number of hydrogen-bond donors (Lipinski definition) is 0. The average Bonchev–Trinajstić information content (AvgIpc) is 2.95. The number of ether oxygens (including phenoxy) is 2. The highest BCUT2D eigenvalue weighted by molar-refractivity contribution is 5.79. The van der Waals surface area contributed by atoms with Crippen molar-refractivity contribution in [1.82, 2.24) is 0 Å². The van der Waals surface area contributed by atoms with E-state index in [9.17, 15) is 4.79 Å². The van der Waals surface area contributed by atoms with Crippen LogP contribution in [0.2, 0.25) is 0 Å². The molecule has 0 bridgehead atoms. The molecule has 3 atom stereocenters. The number of carbonyl (C=O) groups excluding carboxylic acids is 1. The lowest BCUT2D eigenvalue weighted by atomic mass is 9.66. The Morgan fingerprint density at radius 1 is 1.00 bits per heavy atom. The van der Waals surface area contributed by atoms with Gasteiger partial charge >= 0.3 is 5.97 Å². The van der Waals surface area contributed by atoms with Gasteiger partial charge in [-0.3, -0.25) is 4.79 Å². The predicted octanol–water partition coefficient (Wildman–Crippen LogP) is 5.83. The van der Waals surface area contributed by atoms with E-state index in [1.54, 1.807) is 0 Å². The maximum Gasteiger partial charge on any atom is 0.310 e. The number of hydrogen-bond acceptors (Lipinski definition) is 3. The van der Waals surface area contributed by atoms with Crippen LogP contribution in [0.3, 0.4) is 0 Å². The number of aryl methyl sites for hydroxylation is 1. The van der Waals surface area contributed by atoms with Gasteiger partial charge in [-0.1, -0.05) is 51.0 Å². The summed E-state index contributed by atoms with van der Waals surface area (Å²) in [7, 11) is 0. The van der Waals surface area contributed by atoms with Crippen molar-refractivity contribution in [2.75, 3.05) is 0 Å². The van der Waals surface area contributed by atoms with Crippen LogP contribution in [0.4, 0.5) is 0 Å². The molecule has 5 rings (SSSR count). The van der Waals surface area contributed by atoms with Crippen molar-refractivity contribution in [2.45, 2.75) is 58.0 Å². The van der Waals surface area contributed by atoms with E-state index >= 15 is 0 Å². The third kappa shape index (κ3) is 2.30. The molecule has 2 aromatic rings. The fourth-order valence-corrected chi connectivity index (χ4v) is 5.29. The highest BCUT2D eigenvalue weighted by Gasteiger charge is 2.61. The minimum Gasteiger partial charge on any atom is -0.456 e. The Kier molecular flexibility index (Phi) is 3.65. The second kappa shape index (κ2) is 5.85. The molecule has 2 fully saturated rings. The molecule has 1 aliphatic carbocycles. The molecule has 2 heterocycles. The first-order valence-corrected chi connectivity index (χ1v) is 10.2. The molecule has 140 valence electrons. The van der Waals surface area contributed by atoms with Gasteiger partial charge < -0.3 is 9.47 Å². The zero-order valence-electron chi connectivity index (χ0n) is 16.2. The third-order valence-corrected chi connectivity index (χ3v) is 6.68. The smallest absolute Gasteiger partial charge is 0.310 e. The van der Waals surface area contributed by atoms with E-state index in [1.165, 1.54) is 5.56 Å². The van der Waals surface area contributed by atoms with Crippen LogP contribution in [0, 0.1) is 18.8 Å². The molecule has 3 heteroatoms. The van der Waals surface area contributed by atoms with E-state index in [-0.39, 0.29) is 17.8 Å². The second-order valence-corrected chi connectivity index (χ2v) is 8.67. The van der Waals surface area contributed by atoms with Crippen LogP contribution in [-0.4, -0.2) is 5.97 Å². The number of esters is 1. The Bertz CT molecular complexity index is 929.